The molecule has 2 atom stereocenters. The first-order valence-electron chi connectivity index (χ1n) is 9.03. The molecule has 2 amide bonds. The van der Waals surface area contributed by atoms with Crippen molar-refractivity contribution in [3.63, 3.8) is 0 Å². The molecule has 0 bridgehead atoms. The number of carbonyl (C=O) groups excluding carboxylic acids is 2. The minimum Gasteiger partial charge on any atom is -0.273 e. The molecule has 1 aliphatic carbocycles. The van der Waals surface area contributed by atoms with Gasteiger partial charge in [-0.05, 0) is 41.2 Å². The summed E-state index contributed by atoms with van der Waals surface area (Å²) >= 11 is 0. The first-order valence-corrected chi connectivity index (χ1v) is 9.03. The summed E-state index contributed by atoms with van der Waals surface area (Å²) in [6, 6.07) is 27.3. The Morgan fingerprint density at radius 1 is 0.704 bits per heavy atom. The average molecular weight is 356 g/mol. The summed E-state index contributed by atoms with van der Waals surface area (Å²) in [6.45, 7) is 0. The van der Waals surface area contributed by atoms with Crippen LogP contribution in [0.25, 0.3) is 11.1 Å². The second-order valence-corrected chi connectivity index (χ2v) is 6.75. The molecule has 4 rings (SSSR count). The lowest BCUT2D eigenvalue weighted by Gasteiger charge is -2.08. The van der Waals surface area contributed by atoms with Crippen LogP contribution in [0.4, 0.5) is 0 Å². The van der Waals surface area contributed by atoms with Crippen LogP contribution in [0.15, 0.2) is 84.9 Å². The normalized spacial score (nSPS) is 17.8. The molecule has 1 aliphatic rings. The van der Waals surface area contributed by atoms with Gasteiger partial charge in [0.05, 0.1) is 0 Å². The summed E-state index contributed by atoms with van der Waals surface area (Å²) < 4.78 is 0. The highest BCUT2D eigenvalue weighted by Crippen LogP contribution is 2.47. The van der Waals surface area contributed by atoms with Crippen molar-refractivity contribution in [1.82, 2.24) is 10.9 Å². The van der Waals surface area contributed by atoms with Crippen LogP contribution in [-0.2, 0) is 4.79 Å². The van der Waals surface area contributed by atoms with Gasteiger partial charge in [-0.1, -0.05) is 72.8 Å². The second kappa shape index (κ2) is 7.46. The monoisotopic (exact) mass is 356 g/mol. The molecule has 1 saturated carbocycles. The molecule has 4 heteroatoms. The van der Waals surface area contributed by atoms with Gasteiger partial charge in [0.15, 0.2) is 0 Å². The fourth-order valence-corrected chi connectivity index (χ4v) is 3.28. The number of hydrazine groups is 1. The van der Waals surface area contributed by atoms with Crippen LogP contribution in [-0.4, -0.2) is 11.8 Å². The third-order valence-corrected chi connectivity index (χ3v) is 4.91. The molecule has 0 heterocycles. The second-order valence-electron chi connectivity index (χ2n) is 6.75. The van der Waals surface area contributed by atoms with E-state index in [0.717, 1.165) is 17.5 Å². The topological polar surface area (TPSA) is 58.2 Å². The highest BCUT2D eigenvalue weighted by Gasteiger charge is 2.43. The van der Waals surface area contributed by atoms with E-state index in [4.69, 9.17) is 0 Å². The zero-order chi connectivity index (χ0) is 18.6. The molecule has 3 aromatic rings. The number of nitrogens with one attached hydrogen (secondary N) is 2. The molecule has 27 heavy (non-hydrogen) atoms. The maximum atomic E-state index is 12.3. The van der Waals surface area contributed by atoms with Gasteiger partial charge >= 0.3 is 0 Å². The van der Waals surface area contributed by atoms with Crippen molar-refractivity contribution in [3.8, 4) is 11.1 Å². The van der Waals surface area contributed by atoms with E-state index in [-0.39, 0.29) is 23.7 Å². The Morgan fingerprint density at radius 2 is 1.30 bits per heavy atom. The zero-order valence-electron chi connectivity index (χ0n) is 14.8. The van der Waals surface area contributed by atoms with Crippen molar-refractivity contribution in [2.24, 2.45) is 5.92 Å². The summed E-state index contributed by atoms with van der Waals surface area (Å²) in [7, 11) is 0. The minimum atomic E-state index is -0.320. The van der Waals surface area contributed by atoms with E-state index in [2.05, 4.69) is 10.9 Å². The van der Waals surface area contributed by atoms with E-state index >= 15 is 0 Å². The number of hydrogen-bond acceptors (Lipinski definition) is 2. The van der Waals surface area contributed by atoms with Gasteiger partial charge in [0.25, 0.3) is 5.91 Å². The molecule has 2 N–H and O–H groups in total. The average Bonchev–Trinajstić information content (AvgIpc) is 3.54. The van der Waals surface area contributed by atoms with Crippen LogP contribution in [0.3, 0.4) is 0 Å². The minimum absolute atomic E-state index is 0.0758. The van der Waals surface area contributed by atoms with Crippen LogP contribution in [0.1, 0.15) is 28.3 Å². The first kappa shape index (κ1) is 17.0. The van der Waals surface area contributed by atoms with Crippen LogP contribution >= 0.6 is 0 Å². The molecule has 0 aromatic heterocycles. The van der Waals surface area contributed by atoms with Crippen LogP contribution in [0.2, 0.25) is 0 Å². The number of benzene rings is 3. The van der Waals surface area contributed by atoms with E-state index in [1.807, 2.05) is 72.8 Å². The molecule has 4 nitrogen and oxygen atoms in total. The maximum Gasteiger partial charge on any atom is 0.269 e. The van der Waals surface area contributed by atoms with Gasteiger partial charge in [0, 0.05) is 11.5 Å². The molecular formula is C23H20N2O2. The Labute approximate surface area is 158 Å². The number of hydrogen-bond donors (Lipinski definition) is 2. The summed E-state index contributed by atoms with van der Waals surface area (Å²) in [6.07, 6.45) is 0.817. The molecule has 0 radical (unpaired) electrons. The Balaban J connectivity index is 1.31. The predicted molar refractivity (Wildman–Crippen MR) is 105 cm³/mol. The SMILES string of the molecule is O=C(NNC(=O)[C@@H]1C[C@H]1c1ccccc1)c1ccc(-c2ccccc2)cc1. The summed E-state index contributed by atoms with van der Waals surface area (Å²) in [5.41, 5.74) is 8.87. The van der Waals surface area contributed by atoms with Gasteiger partial charge in [0.1, 0.15) is 0 Å². The molecule has 134 valence electrons. The van der Waals surface area contributed by atoms with Crippen molar-refractivity contribution < 1.29 is 9.59 Å². The Bertz CT molecular complexity index is 937. The highest BCUT2D eigenvalue weighted by molar-refractivity contribution is 5.96. The molecule has 0 aliphatic heterocycles. The van der Waals surface area contributed by atoms with Gasteiger partial charge < -0.3 is 0 Å². The van der Waals surface area contributed by atoms with E-state index in [1.54, 1.807) is 12.1 Å². The lowest BCUT2D eigenvalue weighted by molar-refractivity contribution is -0.123. The van der Waals surface area contributed by atoms with Crippen molar-refractivity contribution in [2.75, 3.05) is 0 Å². The third kappa shape index (κ3) is 3.90. The lowest BCUT2D eigenvalue weighted by Crippen LogP contribution is -2.42. The summed E-state index contributed by atoms with van der Waals surface area (Å²) in [5.74, 6) is -0.292. The van der Waals surface area contributed by atoms with E-state index < -0.39 is 0 Å². The van der Waals surface area contributed by atoms with Crippen LogP contribution in [0.5, 0.6) is 0 Å². The number of carbonyl (C=O) groups is 2. The summed E-state index contributed by atoms with van der Waals surface area (Å²) in [5, 5.41) is 0. The lowest BCUT2D eigenvalue weighted by atomic mass is 10.0. The quantitative estimate of drug-likeness (QED) is 0.696. The molecule has 0 unspecified atom stereocenters. The largest absolute Gasteiger partial charge is 0.273 e. The van der Waals surface area contributed by atoms with Gasteiger partial charge in [0.2, 0.25) is 5.91 Å². The molecular weight excluding hydrogens is 336 g/mol. The van der Waals surface area contributed by atoms with E-state index in [9.17, 15) is 9.59 Å². The Kier molecular flexibility index (Phi) is 4.71. The van der Waals surface area contributed by atoms with Crippen molar-refractivity contribution in [1.29, 1.82) is 0 Å². The van der Waals surface area contributed by atoms with Gasteiger partial charge in [-0.2, -0.15) is 0 Å². The molecule has 0 spiro atoms. The first-order chi connectivity index (χ1) is 13.2. The summed E-state index contributed by atoms with van der Waals surface area (Å²) in [4.78, 5) is 24.5. The van der Waals surface area contributed by atoms with Gasteiger partial charge in [-0.3, -0.25) is 20.4 Å². The predicted octanol–water partition coefficient (Wildman–Crippen LogP) is 3.92. The molecule has 1 fully saturated rings. The molecule has 3 aromatic carbocycles. The van der Waals surface area contributed by atoms with Crippen molar-refractivity contribution >= 4 is 11.8 Å². The van der Waals surface area contributed by atoms with E-state index in [0.29, 0.717) is 5.56 Å². The standard InChI is InChI=1S/C23H20N2O2/c26-22(19-13-11-17(12-14-19)16-7-3-1-4-8-16)24-25-23(27)21-15-20(21)18-9-5-2-6-10-18/h1-14,20-21H,15H2,(H,24,26)(H,25,27)/t20-,21+/m0/s1. The van der Waals surface area contributed by atoms with Crippen molar-refractivity contribution in [2.45, 2.75) is 12.3 Å². The van der Waals surface area contributed by atoms with Gasteiger partial charge in [-0.15, -0.1) is 0 Å². The molecule has 0 saturated heterocycles. The highest BCUT2D eigenvalue weighted by atomic mass is 16.2. The van der Waals surface area contributed by atoms with Crippen LogP contribution < -0.4 is 10.9 Å². The fraction of sp³-hybridized carbons (Fsp3) is 0.130. The fourth-order valence-electron chi connectivity index (χ4n) is 3.28. The third-order valence-electron chi connectivity index (χ3n) is 4.91. The zero-order valence-corrected chi connectivity index (χ0v) is 14.8. The van der Waals surface area contributed by atoms with E-state index in [1.165, 1.54) is 5.56 Å². The van der Waals surface area contributed by atoms with Crippen molar-refractivity contribution in [3.05, 3.63) is 96.1 Å². The Hall–Kier alpha value is -3.40. The maximum absolute atomic E-state index is 12.3. The number of rotatable bonds is 4. The Morgan fingerprint density at radius 3 is 1.96 bits per heavy atom. The number of amides is 2. The van der Waals surface area contributed by atoms with Crippen LogP contribution in [0, 0.1) is 5.92 Å². The van der Waals surface area contributed by atoms with Gasteiger partial charge in [-0.25, -0.2) is 0 Å². The smallest absolute Gasteiger partial charge is 0.269 e.